The van der Waals surface area contributed by atoms with Crippen LogP contribution < -0.4 is 4.90 Å². The third-order valence-corrected chi connectivity index (χ3v) is 5.99. The monoisotopic (exact) mass is 358 g/mol. The zero-order valence-electron chi connectivity index (χ0n) is 15.0. The van der Waals surface area contributed by atoms with Crippen LogP contribution in [-0.2, 0) is 9.53 Å². The first-order chi connectivity index (χ1) is 12.6. The maximum Gasteiger partial charge on any atom is 0.253 e. The summed E-state index contributed by atoms with van der Waals surface area (Å²) in [5.74, 6) is 0.108. The lowest BCUT2D eigenvalue weighted by Crippen LogP contribution is -2.56. The van der Waals surface area contributed by atoms with Crippen LogP contribution in [0.25, 0.3) is 0 Å². The summed E-state index contributed by atoms with van der Waals surface area (Å²) in [7, 11) is 0. The lowest BCUT2D eigenvalue weighted by Gasteiger charge is -2.46. The Bertz CT molecular complexity index is 697. The number of rotatable bonds is 2. The summed E-state index contributed by atoms with van der Waals surface area (Å²) in [6.07, 6.45) is 4.03. The Morgan fingerprint density at radius 2 is 2.00 bits per heavy atom. The molecule has 3 aliphatic heterocycles. The van der Waals surface area contributed by atoms with E-state index in [0.717, 1.165) is 31.5 Å². The molecule has 3 fully saturated rings. The average Bonchev–Trinajstić information content (AvgIpc) is 3.10. The van der Waals surface area contributed by atoms with Crippen molar-refractivity contribution in [2.24, 2.45) is 0 Å². The number of aliphatic hydroxyl groups is 1. The average molecular weight is 358 g/mol. The SMILES string of the molecule is O=C(c1cccc(N2CCCC2=O)c1)N1CCC2(CC1)OCCC[C@H]2O. The van der Waals surface area contributed by atoms with Crippen molar-refractivity contribution in [3.05, 3.63) is 29.8 Å². The third kappa shape index (κ3) is 3.12. The Hall–Kier alpha value is -1.92. The number of carbonyl (C=O) groups is 2. The van der Waals surface area contributed by atoms with Crippen LogP contribution in [0.3, 0.4) is 0 Å². The van der Waals surface area contributed by atoms with Crippen LogP contribution in [0.4, 0.5) is 5.69 Å². The van der Waals surface area contributed by atoms with Crippen molar-refractivity contribution in [1.29, 1.82) is 0 Å². The van der Waals surface area contributed by atoms with Gasteiger partial charge in [0, 0.05) is 43.9 Å². The van der Waals surface area contributed by atoms with Crippen molar-refractivity contribution in [2.75, 3.05) is 31.1 Å². The van der Waals surface area contributed by atoms with Gasteiger partial charge >= 0.3 is 0 Å². The summed E-state index contributed by atoms with van der Waals surface area (Å²) in [6.45, 7) is 2.58. The van der Waals surface area contributed by atoms with Crippen LogP contribution in [0.15, 0.2) is 24.3 Å². The van der Waals surface area contributed by atoms with E-state index in [1.807, 2.05) is 29.2 Å². The number of anilines is 1. The first kappa shape index (κ1) is 17.5. The molecular formula is C20H26N2O4. The quantitative estimate of drug-likeness (QED) is 0.877. The highest BCUT2D eigenvalue weighted by Gasteiger charge is 2.44. The van der Waals surface area contributed by atoms with Gasteiger partial charge in [0.25, 0.3) is 5.91 Å². The topological polar surface area (TPSA) is 70.1 Å². The summed E-state index contributed by atoms with van der Waals surface area (Å²) >= 11 is 0. The van der Waals surface area contributed by atoms with E-state index in [4.69, 9.17) is 4.74 Å². The van der Waals surface area contributed by atoms with Crippen LogP contribution in [0.5, 0.6) is 0 Å². The van der Waals surface area contributed by atoms with Crippen molar-refractivity contribution in [3.8, 4) is 0 Å². The molecule has 1 aromatic rings. The molecule has 3 saturated heterocycles. The number of likely N-dealkylation sites (tertiary alicyclic amines) is 1. The summed E-state index contributed by atoms with van der Waals surface area (Å²) in [5, 5.41) is 10.3. The molecule has 0 aromatic heterocycles. The van der Waals surface area contributed by atoms with Gasteiger partial charge in [0.2, 0.25) is 5.91 Å². The number of hydrogen-bond donors (Lipinski definition) is 1. The number of carbonyl (C=O) groups excluding carboxylic acids is 2. The predicted octanol–water partition coefficient (Wildman–Crippen LogP) is 1.96. The van der Waals surface area contributed by atoms with Crippen LogP contribution in [0.1, 0.15) is 48.9 Å². The summed E-state index contributed by atoms with van der Waals surface area (Å²) in [5.41, 5.74) is 0.944. The summed E-state index contributed by atoms with van der Waals surface area (Å²) in [4.78, 5) is 28.5. The van der Waals surface area contributed by atoms with Crippen LogP contribution in [0, 0.1) is 0 Å². The van der Waals surface area contributed by atoms with E-state index < -0.39 is 11.7 Å². The number of nitrogens with zero attached hydrogens (tertiary/aromatic N) is 2. The van der Waals surface area contributed by atoms with E-state index >= 15 is 0 Å². The normalized spacial score (nSPS) is 25.7. The molecular weight excluding hydrogens is 332 g/mol. The van der Waals surface area contributed by atoms with Gasteiger partial charge in [0.15, 0.2) is 0 Å². The van der Waals surface area contributed by atoms with Crippen molar-refractivity contribution < 1.29 is 19.4 Å². The van der Waals surface area contributed by atoms with Gasteiger partial charge in [-0.1, -0.05) is 6.07 Å². The molecule has 26 heavy (non-hydrogen) atoms. The number of amides is 2. The van der Waals surface area contributed by atoms with Crippen molar-refractivity contribution in [3.63, 3.8) is 0 Å². The first-order valence-corrected chi connectivity index (χ1v) is 9.61. The Morgan fingerprint density at radius 3 is 2.69 bits per heavy atom. The maximum atomic E-state index is 12.9. The van der Waals surface area contributed by atoms with E-state index in [2.05, 4.69) is 0 Å². The zero-order chi connectivity index (χ0) is 18.1. The van der Waals surface area contributed by atoms with Crippen LogP contribution in [0.2, 0.25) is 0 Å². The second-order valence-corrected chi connectivity index (χ2v) is 7.56. The summed E-state index contributed by atoms with van der Waals surface area (Å²) < 4.78 is 5.92. The van der Waals surface area contributed by atoms with E-state index in [-0.39, 0.29) is 11.8 Å². The first-order valence-electron chi connectivity index (χ1n) is 9.61. The third-order valence-electron chi connectivity index (χ3n) is 5.99. The molecule has 1 atom stereocenters. The molecule has 4 rings (SSSR count). The van der Waals surface area contributed by atoms with Crippen molar-refractivity contribution in [1.82, 2.24) is 4.90 Å². The van der Waals surface area contributed by atoms with E-state index in [1.54, 1.807) is 4.90 Å². The number of ether oxygens (including phenoxy) is 1. The predicted molar refractivity (Wildman–Crippen MR) is 97.1 cm³/mol. The molecule has 6 nitrogen and oxygen atoms in total. The number of hydrogen-bond acceptors (Lipinski definition) is 4. The Balaban J connectivity index is 1.45. The van der Waals surface area contributed by atoms with Gasteiger partial charge in [-0.15, -0.1) is 0 Å². The molecule has 6 heteroatoms. The highest BCUT2D eigenvalue weighted by Crippen LogP contribution is 2.35. The highest BCUT2D eigenvalue weighted by molar-refractivity contribution is 5.99. The van der Waals surface area contributed by atoms with Gasteiger partial charge in [-0.25, -0.2) is 0 Å². The Kier molecular flexibility index (Phi) is 4.71. The second-order valence-electron chi connectivity index (χ2n) is 7.56. The smallest absolute Gasteiger partial charge is 0.253 e. The van der Waals surface area contributed by atoms with E-state index in [1.165, 1.54) is 0 Å². The van der Waals surface area contributed by atoms with Gasteiger partial charge < -0.3 is 19.6 Å². The molecule has 1 N–H and O–H groups in total. The molecule has 2 amide bonds. The lowest BCUT2D eigenvalue weighted by atomic mass is 9.82. The van der Waals surface area contributed by atoms with Crippen LogP contribution >= 0.6 is 0 Å². The Labute approximate surface area is 153 Å². The number of benzene rings is 1. The molecule has 0 radical (unpaired) electrons. The Morgan fingerprint density at radius 1 is 1.19 bits per heavy atom. The van der Waals surface area contributed by atoms with Gasteiger partial charge in [-0.2, -0.15) is 0 Å². The fraction of sp³-hybridized carbons (Fsp3) is 0.600. The molecule has 0 bridgehead atoms. The lowest BCUT2D eigenvalue weighted by molar-refractivity contribution is -0.174. The largest absolute Gasteiger partial charge is 0.390 e. The molecule has 3 aliphatic rings. The van der Waals surface area contributed by atoms with Gasteiger partial charge in [-0.3, -0.25) is 9.59 Å². The van der Waals surface area contributed by atoms with Crippen molar-refractivity contribution >= 4 is 17.5 Å². The molecule has 0 aliphatic carbocycles. The minimum Gasteiger partial charge on any atom is -0.390 e. The fourth-order valence-electron chi connectivity index (χ4n) is 4.39. The molecule has 1 spiro atoms. The van der Waals surface area contributed by atoms with E-state index in [0.29, 0.717) is 44.5 Å². The minimum atomic E-state index is -0.473. The summed E-state index contributed by atoms with van der Waals surface area (Å²) in [6, 6.07) is 7.36. The molecule has 1 aromatic carbocycles. The standard InChI is InChI=1S/C20H26N2O4/c23-17-6-3-13-26-20(17)8-11-21(12-9-20)19(25)15-4-1-5-16(14-15)22-10-2-7-18(22)24/h1,4-5,14,17,23H,2-3,6-13H2/t17-/m1/s1. The zero-order valence-corrected chi connectivity index (χ0v) is 15.0. The fourth-order valence-corrected chi connectivity index (χ4v) is 4.39. The molecule has 140 valence electrons. The van der Waals surface area contributed by atoms with Gasteiger partial charge in [0.1, 0.15) is 0 Å². The maximum absolute atomic E-state index is 12.9. The molecule has 3 heterocycles. The van der Waals surface area contributed by atoms with E-state index in [9.17, 15) is 14.7 Å². The van der Waals surface area contributed by atoms with Gasteiger partial charge in [-0.05, 0) is 50.3 Å². The van der Waals surface area contributed by atoms with Crippen molar-refractivity contribution in [2.45, 2.75) is 50.2 Å². The van der Waals surface area contributed by atoms with Gasteiger partial charge in [0.05, 0.1) is 11.7 Å². The molecule has 0 unspecified atom stereocenters. The number of aliphatic hydroxyl groups excluding tert-OH is 1. The van der Waals surface area contributed by atoms with Crippen LogP contribution in [-0.4, -0.2) is 59.8 Å². The second kappa shape index (κ2) is 7.00. The highest BCUT2D eigenvalue weighted by atomic mass is 16.5. The number of piperidine rings is 1. The minimum absolute atomic E-state index is 0.0151. The molecule has 0 saturated carbocycles.